The van der Waals surface area contributed by atoms with Gasteiger partial charge >= 0.3 is 0 Å². The largest absolute Gasteiger partial charge is 0.376 e. The number of likely N-dealkylation sites (N-methyl/N-ethyl adjacent to an activating group) is 1. The molecule has 2 aromatic rings. The molecule has 29 heavy (non-hydrogen) atoms. The zero-order valence-corrected chi connectivity index (χ0v) is 16.6. The van der Waals surface area contributed by atoms with Crippen molar-refractivity contribution in [2.75, 3.05) is 37.3 Å². The number of carbonyl (C=O) groups excluding carboxylic acids is 3. The van der Waals surface area contributed by atoms with Crippen molar-refractivity contribution in [2.24, 2.45) is 0 Å². The van der Waals surface area contributed by atoms with E-state index in [0.717, 1.165) is 0 Å². The molecular weight excluding hydrogens is 392 g/mol. The van der Waals surface area contributed by atoms with E-state index in [-0.39, 0.29) is 37.4 Å². The van der Waals surface area contributed by atoms with Gasteiger partial charge in [0.05, 0.1) is 35.9 Å². The van der Waals surface area contributed by atoms with Crippen molar-refractivity contribution in [3.8, 4) is 12.3 Å². The summed E-state index contributed by atoms with van der Waals surface area (Å²) in [4.78, 5) is 37.9. The maximum absolute atomic E-state index is 12.4. The van der Waals surface area contributed by atoms with Gasteiger partial charge in [0.15, 0.2) is 0 Å². The number of nitrogens with zero attached hydrogens (tertiary/aromatic N) is 1. The van der Waals surface area contributed by atoms with Gasteiger partial charge in [0, 0.05) is 12.7 Å². The van der Waals surface area contributed by atoms with Gasteiger partial charge in [0.2, 0.25) is 11.8 Å². The lowest BCUT2D eigenvalue weighted by atomic mass is 10.1. The Morgan fingerprint density at radius 2 is 1.72 bits per heavy atom. The summed E-state index contributed by atoms with van der Waals surface area (Å²) in [5.74, 6) is 1.30. The molecule has 0 aliphatic rings. The molecule has 0 saturated heterocycles. The lowest BCUT2D eigenvalue weighted by molar-refractivity contribution is -0.131. The Morgan fingerprint density at radius 1 is 1.07 bits per heavy atom. The quantitative estimate of drug-likeness (QED) is 0.580. The Bertz CT molecular complexity index is 940. The van der Waals surface area contributed by atoms with Crippen LogP contribution in [0, 0.1) is 12.3 Å². The minimum absolute atomic E-state index is 0.0880. The van der Waals surface area contributed by atoms with Crippen molar-refractivity contribution in [1.82, 2.24) is 10.2 Å². The molecule has 0 bridgehead atoms. The van der Waals surface area contributed by atoms with Crippen molar-refractivity contribution in [3.05, 3.63) is 59.1 Å². The number of nitrogens with one attached hydrogen (secondary N) is 3. The van der Waals surface area contributed by atoms with Crippen LogP contribution in [0.1, 0.15) is 10.4 Å². The molecule has 2 rings (SSSR count). The molecule has 3 amide bonds. The average Bonchev–Trinajstić information content (AvgIpc) is 2.72. The summed E-state index contributed by atoms with van der Waals surface area (Å²) in [5, 5.41) is 8.58. The number of halogens is 1. The predicted octanol–water partition coefficient (Wildman–Crippen LogP) is 2.21. The number of amides is 3. The lowest BCUT2D eigenvalue weighted by Crippen LogP contribution is -2.38. The van der Waals surface area contributed by atoms with Crippen molar-refractivity contribution in [2.45, 2.75) is 0 Å². The van der Waals surface area contributed by atoms with E-state index in [1.54, 1.807) is 48.5 Å². The first kappa shape index (κ1) is 21.8. The summed E-state index contributed by atoms with van der Waals surface area (Å²) in [6, 6.07) is 13.6. The van der Waals surface area contributed by atoms with Crippen LogP contribution in [-0.2, 0) is 9.59 Å². The molecule has 2 aromatic carbocycles. The van der Waals surface area contributed by atoms with E-state index in [9.17, 15) is 14.4 Å². The highest BCUT2D eigenvalue weighted by molar-refractivity contribution is 6.33. The third kappa shape index (κ3) is 6.55. The smallest absolute Gasteiger partial charge is 0.254 e. The van der Waals surface area contributed by atoms with Gasteiger partial charge in [-0.2, -0.15) is 0 Å². The van der Waals surface area contributed by atoms with Gasteiger partial charge in [0.25, 0.3) is 5.91 Å². The second-order valence-electron chi connectivity index (χ2n) is 6.06. The predicted molar refractivity (Wildman–Crippen MR) is 114 cm³/mol. The molecule has 0 radical (unpaired) electrons. The van der Waals surface area contributed by atoms with Gasteiger partial charge < -0.3 is 20.9 Å². The van der Waals surface area contributed by atoms with Crippen molar-refractivity contribution in [1.29, 1.82) is 0 Å². The number of carbonyl (C=O) groups is 3. The molecule has 0 unspecified atom stereocenters. The molecular formula is C21H21ClN4O3. The van der Waals surface area contributed by atoms with Crippen LogP contribution in [0.25, 0.3) is 0 Å². The summed E-state index contributed by atoms with van der Waals surface area (Å²) in [6.07, 6.45) is 5.15. The van der Waals surface area contributed by atoms with E-state index >= 15 is 0 Å². The van der Waals surface area contributed by atoms with E-state index < -0.39 is 0 Å². The first-order valence-corrected chi connectivity index (χ1v) is 9.13. The Morgan fingerprint density at radius 3 is 2.41 bits per heavy atom. The number of hydrogen-bond acceptors (Lipinski definition) is 4. The second kappa shape index (κ2) is 10.7. The Hall–Kier alpha value is -3.50. The third-order valence-corrected chi connectivity index (χ3v) is 4.24. The zero-order chi connectivity index (χ0) is 21.2. The third-order valence-electron chi connectivity index (χ3n) is 3.91. The number of para-hydroxylation sites is 2. The summed E-state index contributed by atoms with van der Waals surface area (Å²) in [6.45, 7) is -0.124. The van der Waals surface area contributed by atoms with Crippen molar-refractivity contribution < 1.29 is 14.4 Å². The number of anilines is 2. The van der Waals surface area contributed by atoms with Gasteiger partial charge in [-0.3, -0.25) is 14.4 Å². The Labute approximate surface area is 174 Å². The minimum Gasteiger partial charge on any atom is -0.376 e. The highest BCUT2D eigenvalue weighted by Crippen LogP contribution is 2.20. The van der Waals surface area contributed by atoms with Gasteiger partial charge in [-0.1, -0.05) is 41.8 Å². The van der Waals surface area contributed by atoms with Crippen LogP contribution in [0.2, 0.25) is 5.02 Å². The molecule has 150 valence electrons. The molecule has 0 aromatic heterocycles. The van der Waals surface area contributed by atoms with Crippen LogP contribution in [0.5, 0.6) is 0 Å². The molecule has 3 N–H and O–H groups in total. The van der Waals surface area contributed by atoms with Crippen LogP contribution >= 0.6 is 11.6 Å². The topological polar surface area (TPSA) is 90.5 Å². The number of hydrogen-bond donors (Lipinski definition) is 3. The van der Waals surface area contributed by atoms with Gasteiger partial charge in [0.1, 0.15) is 0 Å². The Balaban J connectivity index is 1.90. The molecule has 0 heterocycles. The maximum atomic E-state index is 12.4. The number of benzene rings is 2. The second-order valence-corrected chi connectivity index (χ2v) is 6.47. The monoisotopic (exact) mass is 412 g/mol. The SMILES string of the molecule is C#CCNC(=O)c1ccccc1NCC(=O)N(C)CC(=O)Nc1ccccc1Cl. The fraction of sp³-hybridized carbons (Fsp3) is 0.190. The van der Waals surface area contributed by atoms with E-state index in [4.69, 9.17) is 18.0 Å². The highest BCUT2D eigenvalue weighted by Gasteiger charge is 2.15. The summed E-state index contributed by atoms with van der Waals surface area (Å²) in [5.41, 5.74) is 1.34. The molecule has 0 aliphatic carbocycles. The number of terminal acetylenes is 1. The molecule has 0 spiro atoms. The van der Waals surface area contributed by atoms with E-state index in [1.807, 2.05) is 0 Å². The molecule has 0 aliphatic heterocycles. The average molecular weight is 413 g/mol. The summed E-state index contributed by atoms with van der Waals surface area (Å²) >= 11 is 6.01. The van der Waals surface area contributed by atoms with Gasteiger partial charge in [-0.15, -0.1) is 6.42 Å². The fourth-order valence-corrected chi connectivity index (χ4v) is 2.61. The minimum atomic E-state index is -0.372. The lowest BCUT2D eigenvalue weighted by Gasteiger charge is -2.18. The van der Waals surface area contributed by atoms with Gasteiger partial charge in [-0.25, -0.2) is 0 Å². The fourth-order valence-electron chi connectivity index (χ4n) is 2.42. The van der Waals surface area contributed by atoms with Gasteiger partial charge in [-0.05, 0) is 24.3 Å². The molecule has 8 heteroatoms. The van der Waals surface area contributed by atoms with E-state index in [1.165, 1.54) is 11.9 Å². The number of rotatable bonds is 8. The zero-order valence-electron chi connectivity index (χ0n) is 15.9. The first-order valence-electron chi connectivity index (χ1n) is 8.75. The summed E-state index contributed by atoms with van der Waals surface area (Å²) < 4.78 is 0. The normalized spacial score (nSPS) is 9.83. The van der Waals surface area contributed by atoms with Crippen LogP contribution in [-0.4, -0.2) is 49.3 Å². The van der Waals surface area contributed by atoms with Crippen LogP contribution < -0.4 is 16.0 Å². The van der Waals surface area contributed by atoms with Crippen molar-refractivity contribution in [3.63, 3.8) is 0 Å². The van der Waals surface area contributed by atoms with Crippen LogP contribution in [0.3, 0.4) is 0 Å². The Kier molecular flexibility index (Phi) is 8.07. The standard InChI is InChI=1S/C21H21ClN4O3/c1-3-12-23-21(29)15-8-4-6-10-17(15)24-13-20(28)26(2)14-19(27)25-18-11-7-5-9-16(18)22/h1,4-11,24H,12-14H2,2H3,(H,23,29)(H,25,27). The summed E-state index contributed by atoms with van der Waals surface area (Å²) in [7, 11) is 1.52. The van der Waals surface area contributed by atoms with E-state index in [0.29, 0.717) is 22.0 Å². The molecule has 0 fully saturated rings. The van der Waals surface area contributed by atoms with Crippen LogP contribution in [0.15, 0.2) is 48.5 Å². The van der Waals surface area contributed by atoms with E-state index in [2.05, 4.69) is 21.9 Å². The highest BCUT2D eigenvalue weighted by atomic mass is 35.5. The van der Waals surface area contributed by atoms with Crippen molar-refractivity contribution >= 4 is 40.7 Å². The maximum Gasteiger partial charge on any atom is 0.254 e. The molecule has 7 nitrogen and oxygen atoms in total. The first-order chi connectivity index (χ1) is 13.9. The van der Waals surface area contributed by atoms with Crippen LogP contribution in [0.4, 0.5) is 11.4 Å². The molecule has 0 saturated carbocycles. The molecule has 0 atom stereocenters.